The second-order valence-electron chi connectivity index (χ2n) is 7.29. The first kappa shape index (κ1) is 19.0. The lowest BCUT2D eigenvalue weighted by atomic mass is 9.89. The lowest BCUT2D eigenvalue weighted by molar-refractivity contribution is -0.148. The molecule has 0 aromatic heterocycles. The topological polar surface area (TPSA) is 69.7 Å². The van der Waals surface area contributed by atoms with Crippen LogP contribution >= 0.6 is 0 Å². The number of nitrogens with zero attached hydrogens (tertiary/aromatic N) is 2. The minimum Gasteiger partial charge on any atom is -0.342 e. The van der Waals surface area contributed by atoms with Gasteiger partial charge in [-0.05, 0) is 37.5 Å². The molecule has 2 rings (SSSR count). The number of hydrogen-bond donors (Lipinski definition) is 1. The maximum Gasteiger partial charge on any atom is 0.239 e. The third-order valence-corrected chi connectivity index (χ3v) is 4.69. The maximum atomic E-state index is 12.7. The molecule has 0 atom stereocenters. The van der Waals surface area contributed by atoms with Gasteiger partial charge in [-0.15, -0.1) is 0 Å². The van der Waals surface area contributed by atoms with Crippen molar-refractivity contribution in [3.8, 4) is 0 Å². The molecule has 1 aromatic carbocycles. The Kier molecular flexibility index (Phi) is 5.82. The summed E-state index contributed by atoms with van der Waals surface area (Å²) in [5.41, 5.74) is 0.711. The summed E-state index contributed by atoms with van der Waals surface area (Å²) < 4.78 is 0. The van der Waals surface area contributed by atoms with E-state index in [2.05, 4.69) is 19.2 Å². The number of benzene rings is 1. The van der Waals surface area contributed by atoms with E-state index < -0.39 is 5.41 Å². The average molecular weight is 345 g/mol. The van der Waals surface area contributed by atoms with Crippen LogP contribution in [-0.2, 0) is 14.4 Å². The van der Waals surface area contributed by atoms with Gasteiger partial charge in [-0.25, -0.2) is 0 Å². The molecule has 1 aliphatic heterocycles. The van der Waals surface area contributed by atoms with E-state index in [9.17, 15) is 14.4 Å². The monoisotopic (exact) mass is 345 g/mol. The van der Waals surface area contributed by atoms with Crippen LogP contribution in [0.1, 0.15) is 39.2 Å². The molecule has 6 nitrogen and oxygen atoms in total. The van der Waals surface area contributed by atoms with E-state index in [0.29, 0.717) is 37.8 Å². The van der Waals surface area contributed by atoms with Crippen molar-refractivity contribution in [1.82, 2.24) is 9.80 Å². The largest absolute Gasteiger partial charge is 0.342 e. The quantitative estimate of drug-likeness (QED) is 0.656. The van der Waals surface area contributed by atoms with Crippen LogP contribution in [0.5, 0.6) is 0 Å². The first-order chi connectivity index (χ1) is 11.8. The van der Waals surface area contributed by atoms with Crippen LogP contribution in [0.3, 0.4) is 0 Å². The molecule has 3 amide bonds. The minimum absolute atomic E-state index is 0.214. The zero-order valence-corrected chi connectivity index (χ0v) is 15.4. The summed E-state index contributed by atoms with van der Waals surface area (Å²) in [6.07, 6.45) is 0.792. The van der Waals surface area contributed by atoms with E-state index in [-0.39, 0.29) is 11.8 Å². The van der Waals surface area contributed by atoms with E-state index >= 15 is 0 Å². The van der Waals surface area contributed by atoms with E-state index in [1.807, 2.05) is 24.3 Å². The number of carbonyl (C=O) groups excluding carboxylic acids is 3. The SMILES string of the molecule is CC(C)c1ccc(NC(=O)C(C)(C)C(=O)N2CCN(C=O)CC2)cc1. The van der Waals surface area contributed by atoms with Crippen LogP contribution in [0, 0.1) is 5.41 Å². The van der Waals surface area contributed by atoms with Crippen molar-refractivity contribution in [2.24, 2.45) is 5.41 Å². The Morgan fingerprint density at radius 1 is 1.08 bits per heavy atom. The highest BCUT2D eigenvalue weighted by Gasteiger charge is 2.40. The van der Waals surface area contributed by atoms with Crippen molar-refractivity contribution in [2.75, 3.05) is 31.5 Å². The van der Waals surface area contributed by atoms with Gasteiger partial charge in [0.15, 0.2) is 0 Å². The molecule has 0 aliphatic carbocycles. The smallest absolute Gasteiger partial charge is 0.239 e. The van der Waals surface area contributed by atoms with Gasteiger partial charge < -0.3 is 15.1 Å². The van der Waals surface area contributed by atoms with Gasteiger partial charge >= 0.3 is 0 Å². The third-order valence-electron chi connectivity index (χ3n) is 4.69. The van der Waals surface area contributed by atoms with E-state index in [1.165, 1.54) is 5.56 Å². The van der Waals surface area contributed by atoms with Crippen molar-refractivity contribution in [3.63, 3.8) is 0 Å². The molecule has 0 saturated carbocycles. The number of piperazine rings is 1. The Morgan fingerprint density at radius 2 is 1.64 bits per heavy atom. The lowest BCUT2D eigenvalue weighted by Crippen LogP contribution is -2.54. The van der Waals surface area contributed by atoms with Crippen LogP contribution < -0.4 is 5.32 Å². The van der Waals surface area contributed by atoms with Gasteiger partial charge in [0.2, 0.25) is 18.2 Å². The predicted octanol–water partition coefficient (Wildman–Crippen LogP) is 2.08. The Labute approximate surface area is 149 Å². The normalized spacial score (nSPS) is 15.2. The van der Waals surface area contributed by atoms with Crippen molar-refractivity contribution >= 4 is 23.9 Å². The molecule has 1 aromatic rings. The van der Waals surface area contributed by atoms with Crippen LogP contribution in [-0.4, -0.2) is 54.2 Å². The van der Waals surface area contributed by atoms with Crippen LogP contribution in [0.2, 0.25) is 0 Å². The molecule has 6 heteroatoms. The van der Waals surface area contributed by atoms with Gasteiger partial charge in [-0.2, -0.15) is 0 Å². The Bertz CT molecular complexity index is 630. The Morgan fingerprint density at radius 3 is 2.12 bits per heavy atom. The summed E-state index contributed by atoms with van der Waals surface area (Å²) >= 11 is 0. The summed E-state index contributed by atoms with van der Waals surface area (Å²) in [6.45, 7) is 9.42. The van der Waals surface area contributed by atoms with Gasteiger partial charge in [-0.1, -0.05) is 26.0 Å². The zero-order valence-electron chi connectivity index (χ0n) is 15.4. The summed E-state index contributed by atoms with van der Waals surface area (Å²) in [4.78, 5) is 39.4. The van der Waals surface area contributed by atoms with Crippen LogP contribution in [0.15, 0.2) is 24.3 Å². The second kappa shape index (κ2) is 7.68. The molecular weight excluding hydrogens is 318 g/mol. The zero-order chi connectivity index (χ0) is 18.6. The number of amides is 3. The maximum absolute atomic E-state index is 12.7. The van der Waals surface area contributed by atoms with Crippen LogP contribution in [0.4, 0.5) is 5.69 Å². The van der Waals surface area contributed by atoms with Gasteiger partial charge in [0, 0.05) is 31.9 Å². The summed E-state index contributed by atoms with van der Waals surface area (Å²) in [5, 5.41) is 2.84. The number of nitrogens with one attached hydrogen (secondary N) is 1. The summed E-state index contributed by atoms with van der Waals surface area (Å²) in [7, 11) is 0. The number of hydrogen-bond acceptors (Lipinski definition) is 3. The molecule has 1 N–H and O–H groups in total. The molecule has 1 aliphatic rings. The molecule has 0 bridgehead atoms. The molecule has 0 unspecified atom stereocenters. The fourth-order valence-electron chi connectivity index (χ4n) is 2.76. The van der Waals surface area contributed by atoms with E-state index in [4.69, 9.17) is 0 Å². The average Bonchev–Trinajstić information content (AvgIpc) is 2.61. The molecule has 0 radical (unpaired) electrons. The number of anilines is 1. The fourth-order valence-corrected chi connectivity index (χ4v) is 2.76. The lowest BCUT2D eigenvalue weighted by Gasteiger charge is -2.36. The van der Waals surface area contributed by atoms with Gasteiger partial charge in [-0.3, -0.25) is 14.4 Å². The predicted molar refractivity (Wildman–Crippen MR) is 97.2 cm³/mol. The first-order valence-electron chi connectivity index (χ1n) is 8.66. The highest BCUT2D eigenvalue weighted by atomic mass is 16.2. The first-order valence-corrected chi connectivity index (χ1v) is 8.66. The van der Waals surface area contributed by atoms with Crippen molar-refractivity contribution in [2.45, 2.75) is 33.6 Å². The minimum atomic E-state index is -1.17. The molecule has 25 heavy (non-hydrogen) atoms. The third kappa shape index (κ3) is 4.38. The Hall–Kier alpha value is -2.37. The fraction of sp³-hybridized carbons (Fsp3) is 0.526. The van der Waals surface area contributed by atoms with Gasteiger partial charge in [0.1, 0.15) is 5.41 Å². The van der Waals surface area contributed by atoms with Crippen molar-refractivity contribution in [1.29, 1.82) is 0 Å². The Balaban J connectivity index is 2.01. The van der Waals surface area contributed by atoms with Gasteiger partial charge in [0.25, 0.3) is 0 Å². The molecule has 1 heterocycles. The van der Waals surface area contributed by atoms with E-state index in [1.54, 1.807) is 23.6 Å². The number of carbonyl (C=O) groups is 3. The van der Waals surface area contributed by atoms with Gasteiger partial charge in [0.05, 0.1) is 0 Å². The van der Waals surface area contributed by atoms with Crippen molar-refractivity contribution < 1.29 is 14.4 Å². The molecule has 136 valence electrons. The standard InChI is InChI=1S/C19H27N3O3/c1-14(2)15-5-7-16(8-6-15)20-17(24)19(3,4)18(25)22-11-9-21(13-23)10-12-22/h5-8,13-14H,9-12H2,1-4H3,(H,20,24). The highest BCUT2D eigenvalue weighted by Crippen LogP contribution is 2.24. The molecule has 1 fully saturated rings. The van der Waals surface area contributed by atoms with Crippen molar-refractivity contribution in [3.05, 3.63) is 29.8 Å². The van der Waals surface area contributed by atoms with Crippen LogP contribution in [0.25, 0.3) is 0 Å². The molecule has 0 spiro atoms. The summed E-state index contributed by atoms with van der Waals surface area (Å²) in [6, 6.07) is 7.68. The number of rotatable bonds is 5. The molecular formula is C19H27N3O3. The van der Waals surface area contributed by atoms with E-state index in [0.717, 1.165) is 6.41 Å². The summed E-state index contributed by atoms with van der Waals surface area (Å²) in [5.74, 6) is -0.116. The highest BCUT2D eigenvalue weighted by molar-refractivity contribution is 6.09. The molecule has 1 saturated heterocycles. The second-order valence-corrected chi connectivity index (χ2v) is 7.29.